The van der Waals surface area contributed by atoms with Crippen LogP contribution in [0.4, 0.5) is 0 Å². The SMILES string of the molecule is CCOC(C[SiH3])C(OCC)(OCC)Oc1ccc(C(=O)c2ccccc2)c(O)c1. The topological polar surface area (TPSA) is 74.2 Å². The molecule has 6 nitrogen and oxygen atoms in total. The van der Waals surface area contributed by atoms with E-state index < -0.39 is 12.1 Å². The third kappa shape index (κ3) is 5.67. The summed E-state index contributed by atoms with van der Waals surface area (Å²) in [7, 11) is 0.869. The van der Waals surface area contributed by atoms with Crippen molar-refractivity contribution in [1.82, 2.24) is 0 Å². The van der Waals surface area contributed by atoms with Crippen LogP contribution in [0.2, 0.25) is 6.04 Å². The molecule has 0 saturated carbocycles. The average Bonchev–Trinajstić information content (AvgIpc) is 2.72. The van der Waals surface area contributed by atoms with Gasteiger partial charge in [0.25, 0.3) is 0 Å². The Morgan fingerprint density at radius 3 is 2.21 bits per heavy atom. The zero-order chi connectivity index (χ0) is 21.3. The maximum absolute atomic E-state index is 12.6. The van der Waals surface area contributed by atoms with Gasteiger partial charge < -0.3 is 24.1 Å². The Kier molecular flexibility index (Phi) is 8.85. The van der Waals surface area contributed by atoms with Crippen LogP contribution >= 0.6 is 0 Å². The molecular weight excluding hydrogens is 388 g/mol. The fraction of sp³-hybridized carbons (Fsp3) is 0.409. The summed E-state index contributed by atoms with van der Waals surface area (Å²) in [6, 6.07) is 14.1. The van der Waals surface area contributed by atoms with Gasteiger partial charge in [0.05, 0.1) is 18.8 Å². The first-order valence-corrected chi connectivity index (χ1v) is 11.4. The first-order chi connectivity index (χ1) is 14.0. The Hall–Kier alpha value is -2.19. The van der Waals surface area contributed by atoms with E-state index in [9.17, 15) is 9.90 Å². The first-order valence-electron chi connectivity index (χ1n) is 10.0. The van der Waals surface area contributed by atoms with Gasteiger partial charge in [-0.1, -0.05) is 30.3 Å². The lowest BCUT2D eigenvalue weighted by Crippen LogP contribution is -2.53. The fourth-order valence-electron chi connectivity index (χ4n) is 3.10. The molecule has 0 radical (unpaired) electrons. The molecular formula is C22H30O6Si. The van der Waals surface area contributed by atoms with Crippen molar-refractivity contribution in [2.75, 3.05) is 19.8 Å². The molecule has 0 aliphatic rings. The molecule has 2 aromatic carbocycles. The van der Waals surface area contributed by atoms with Gasteiger partial charge in [-0.15, -0.1) is 0 Å². The molecule has 2 aromatic rings. The maximum atomic E-state index is 12.6. The second kappa shape index (κ2) is 11.1. The highest BCUT2D eigenvalue weighted by Gasteiger charge is 2.44. The molecule has 0 fully saturated rings. The molecule has 0 aliphatic heterocycles. The molecule has 0 spiro atoms. The third-order valence-electron chi connectivity index (χ3n) is 4.33. The minimum absolute atomic E-state index is 0.169. The van der Waals surface area contributed by atoms with E-state index in [1.165, 1.54) is 6.07 Å². The van der Waals surface area contributed by atoms with Gasteiger partial charge in [0.15, 0.2) is 5.78 Å². The van der Waals surface area contributed by atoms with Gasteiger partial charge in [-0.05, 0) is 38.9 Å². The Bertz CT molecular complexity index is 774. The number of benzene rings is 2. The van der Waals surface area contributed by atoms with Gasteiger partial charge in [0, 0.05) is 28.5 Å². The van der Waals surface area contributed by atoms with Crippen LogP contribution < -0.4 is 4.74 Å². The highest BCUT2D eigenvalue weighted by Crippen LogP contribution is 2.32. The molecule has 0 aromatic heterocycles. The number of phenolic OH excluding ortho intramolecular Hbond substituents is 1. The van der Waals surface area contributed by atoms with Crippen LogP contribution in [0.1, 0.15) is 36.7 Å². The lowest BCUT2D eigenvalue weighted by molar-refractivity contribution is -0.379. The van der Waals surface area contributed by atoms with Crippen LogP contribution in [0.15, 0.2) is 48.5 Å². The summed E-state index contributed by atoms with van der Waals surface area (Å²) in [6.07, 6.45) is -0.410. The van der Waals surface area contributed by atoms with Crippen molar-refractivity contribution in [3.63, 3.8) is 0 Å². The molecule has 2 rings (SSSR count). The maximum Gasteiger partial charge on any atom is 0.354 e. The summed E-state index contributed by atoms with van der Waals surface area (Å²) in [5.74, 6) is -1.52. The van der Waals surface area contributed by atoms with Crippen LogP contribution in [-0.4, -0.2) is 53.0 Å². The fourth-order valence-corrected chi connectivity index (χ4v) is 3.84. The monoisotopic (exact) mass is 418 g/mol. The lowest BCUT2D eigenvalue weighted by Gasteiger charge is -2.38. The Balaban J connectivity index is 2.34. The molecule has 1 N–H and O–H groups in total. The van der Waals surface area contributed by atoms with E-state index in [1.807, 2.05) is 26.8 Å². The van der Waals surface area contributed by atoms with Gasteiger partial charge in [0.1, 0.15) is 17.6 Å². The molecule has 0 aliphatic carbocycles. The van der Waals surface area contributed by atoms with Gasteiger partial charge in [-0.3, -0.25) is 4.79 Å². The smallest absolute Gasteiger partial charge is 0.354 e. The number of aromatic hydroxyl groups is 1. The largest absolute Gasteiger partial charge is 0.507 e. The molecule has 29 heavy (non-hydrogen) atoms. The molecule has 0 amide bonds. The zero-order valence-electron chi connectivity index (χ0n) is 17.5. The molecule has 1 atom stereocenters. The van der Waals surface area contributed by atoms with Crippen LogP contribution in [0.25, 0.3) is 0 Å². The summed E-state index contributed by atoms with van der Waals surface area (Å²) in [4.78, 5) is 12.6. The molecule has 0 bridgehead atoms. The molecule has 158 valence electrons. The predicted octanol–water partition coefficient (Wildman–Crippen LogP) is 2.92. The summed E-state index contributed by atoms with van der Waals surface area (Å²) in [5, 5.41) is 10.5. The number of hydrogen-bond acceptors (Lipinski definition) is 6. The van der Waals surface area contributed by atoms with Gasteiger partial charge in [0.2, 0.25) is 0 Å². The zero-order valence-corrected chi connectivity index (χ0v) is 19.5. The number of carbonyl (C=O) groups is 1. The summed E-state index contributed by atoms with van der Waals surface area (Å²) in [5.41, 5.74) is 0.702. The highest BCUT2D eigenvalue weighted by atomic mass is 28.1. The molecule has 7 heteroatoms. The van der Waals surface area contributed by atoms with Gasteiger partial charge in [-0.2, -0.15) is 0 Å². The second-order valence-corrected chi connectivity index (χ2v) is 7.11. The van der Waals surface area contributed by atoms with Crippen molar-refractivity contribution >= 4 is 16.0 Å². The average molecular weight is 419 g/mol. The van der Waals surface area contributed by atoms with E-state index in [4.69, 9.17) is 18.9 Å². The standard InChI is InChI=1S/C22H30O6Si/c1-4-25-20(15-29)22(26-5-2,27-6-3)28-17-12-13-18(19(23)14-17)21(24)16-10-8-7-9-11-16/h7-14,20,23H,4-6,15H2,1-3,29H3. The summed E-state index contributed by atoms with van der Waals surface area (Å²) >= 11 is 0. The van der Waals surface area contributed by atoms with Gasteiger partial charge >= 0.3 is 5.97 Å². The molecule has 1 unspecified atom stereocenters. The number of rotatable bonds is 12. The second-order valence-electron chi connectivity index (χ2n) is 6.30. The van der Waals surface area contributed by atoms with Gasteiger partial charge in [-0.25, -0.2) is 0 Å². The minimum Gasteiger partial charge on any atom is -0.507 e. The quantitative estimate of drug-likeness (QED) is 0.325. The van der Waals surface area contributed by atoms with E-state index >= 15 is 0 Å². The van der Waals surface area contributed by atoms with Crippen molar-refractivity contribution in [3.05, 3.63) is 59.7 Å². The van der Waals surface area contributed by atoms with Crippen LogP contribution in [0, 0.1) is 0 Å². The number of phenols is 1. The van der Waals surface area contributed by atoms with E-state index in [0.29, 0.717) is 31.1 Å². The van der Waals surface area contributed by atoms with E-state index in [0.717, 1.165) is 16.3 Å². The van der Waals surface area contributed by atoms with E-state index in [2.05, 4.69) is 0 Å². The third-order valence-corrected chi connectivity index (χ3v) is 5.08. The molecule has 0 saturated heterocycles. The minimum atomic E-state index is -1.42. The Morgan fingerprint density at radius 1 is 1.03 bits per heavy atom. The number of ketones is 1. The van der Waals surface area contributed by atoms with Crippen LogP contribution in [0.5, 0.6) is 11.5 Å². The number of ether oxygens (including phenoxy) is 4. The number of carbonyl (C=O) groups excluding carboxylic acids is 1. The van der Waals surface area contributed by atoms with Crippen LogP contribution in [-0.2, 0) is 14.2 Å². The summed E-state index contributed by atoms with van der Waals surface area (Å²) in [6.45, 7) is 6.83. The number of hydrogen-bond donors (Lipinski definition) is 1. The summed E-state index contributed by atoms with van der Waals surface area (Å²) < 4.78 is 23.7. The van der Waals surface area contributed by atoms with Crippen molar-refractivity contribution in [3.8, 4) is 11.5 Å². The Labute approximate surface area is 175 Å². The highest BCUT2D eigenvalue weighted by molar-refractivity contribution is 6.10. The van der Waals surface area contributed by atoms with Crippen molar-refractivity contribution < 1.29 is 28.8 Å². The van der Waals surface area contributed by atoms with E-state index in [1.54, 1.807) is 36.4 Å². The van der Waals surface area contributed by atoms with E-state index in [-0.39, 0.29) is 17.1 Å². The normalized spacial score (nSPS) is 12.7. The van der Waals surface area contributed by atoms with Crippen molar-refractivity contribution in [2.45, 2.75) is 38.9 Å². The van der Waals surface area contributed by atoms with Crippen LogP contribution in [0.3, 0.4) is 0 Å². The first kappa shape index (κ1) is 23.1. The Morgan fingerprint density at radius 2 is 1.69 bits per heavy atom. The molecule has 0 heterocycles. The predicted molar refractivity (Wildman–Crippen MR) is 115 cm³/mol. The lowest BCUT2D eigenvalue weighted by atomic mass is 10.0. The van der Waals surface area contributed by atoms with Crippen molar-refractivity contribution in [2.24, 2.45) is 0 Å². The van der Waals surface area contributed by atoms with Crippen molar-refractivity contribution in [1.29, 1.82) is 0 Å².